The van der Waals surface area contributed by atoms with E-state index in [2.05, 4.69) is 56.3 Å². The van der Waals surface area contributed by atoms with Crippen molar-refractivity contribution in [1.82, 2.24) is 0 Å². The van der Waals surface area contributed by atoms with Crippen LogP contribution in [0.15, 0.2) is 123 Å². The zero-order valence-corrected chi connectivity index (χ0v) is 20.9. The molecule has 0 aromatic heterocycles. The van der Waals surface area contributed by atoms with E-state index in [0.717, 1.165) is 47.1 Å². The first-order valence-corrected chi connectivity index (χ1v) is 12.1. The fourth-order valence-corrected chi connectivity index (χ4v) is 3.54. The first-order valence-electron chi connectivity index (χ1n) is 12.1. The van der Waals surface area contributed by atoms with Crippen LogP contribution in [-0.2, 0) is 0 Å². The van der Waals surface area contributed by atoms with Crippen molar-refractivity contribution < 1.29 is 0 Å². The second-order valence-corrected chi connectivity index (χ2v) is 8.29. The van der Waals surface area contributed by atoms with Crippen LogP contribution in [0.3, 0.4) is 0 Å². The monoisotopic (exact) mass is 474 g/mol. The van der Waals surface area contributed by atoms with Crippen LogP contribution in [-0.4, -0.2) is 19.3 Å². The Morgan fingerprint density at radius 2 is 0.917 bits per heavy atom. The summed E-state index contributed by atoms with van der Waals surface area (Å²) >= 11 is 0. The van der Waals surface area contributed by atoms with E-state index >= 15 is 0 Å². The number of aryl methyl sites for hydroxylation is 1. The second-order valence-electron chi connectivity index (χ2n) is 8.29. The molecule has 6 nitrogen and oxygen atoms in total. The Morgan fingerprint density at radius 3 is 1.39 bits per heavy atom. The number of hydrogen-bond donors (Lipinski definition) is 0. The molecular formula is C30H30N6. The van der Waals surface area contributed by atoms with Gasteiger partial charge >= 0.3 is 0 Å². The number of aliphatic imine (C=N–C) groups is 1. The van der Waals surface area contributed by atoms with Crippen molar-refractivity contribution in [2.45, 2.75) is 20.8 Å². The van der Waals surface area contributed by atoms with Crippen LogP contribution in [0.4, 0.5) is 34.1 Å². The van der Waals surface area contributed by atoms with E-state index in [1.807, 2.05) is 98.1 Å². The summed E-state index contributed by atoms with van der Waals surface area (Å²) in [6.07, 6.45) is 1.83. The van der Waals surface area contributed by atoms with Gasteiger partial charge in [0.05, 0.1) is 28.4 Å². The molecule has 0 aliphatic rings. The van der Waals surface area contributed by atoms with Gasteiger partial charge in [0.2, 0.25) is 0 Å². The fraction of sp³-hybridized carbons (Fsp3) is 0.167. The van der Waals surface area contributed by atoms with Gasteiger partial charge in [0.1, 0.15) is 0 Å². The van der Waals surface area contributed by atoms with Gasteiger partial charge in [-0.25, -0.2) is 0 Å². The smallest absolute Gasteiger partial charge is 0.0858 e. The van der Waals surface area contributed by atoms with Crippen LogP contribution in [0, 0.1) is 6.92 Å². The maximum absolute atomic E-state index is 4.55. The van der Waals surface area contributed by atoms with Gasteiger partial charge in [-0.1, -0.05) is 29.8 Å². The summed E-state index contributed by atoms with van der Waals surface area (Å²) in [7, 11) is 0. The topological polar surface area (TPSA) is 65.0 Å². The molecule has 0 aliphatic carbocycles. The van der Waals surface area contributed by atoms with Crippen molar-refractivity contribution in [2.24, 2.45) is 25.4 Å². The summed E-state index contributed by atoms with van der Waals surface area (Å²) in [5.74, 6) is 0. The lowest BCUT2D eigenvalue weighted by Gasteiger charge is -2.20. The molecule has 0 fully saturated rings. The van der Waals surface area contributed by atoms with E-state index < -0.39 is 0 Å². The number of benzene rings is 4. The lowest BCUT2D eigenvalue weighted by Crippen LogP contribution is -2.21. The van der Waals surface area contributed by atoms with Crippen molar-refractivity contribution in [3.05, 3.63) is 108 Å². The van der Waals surface area contributed by atoms with E-state index in [0.29, 0.717) is 0 Å². The van der Waals surface area contributed by atoms with Gasteiger partial charge < -0.3 is 4.90 Å². The zero-order chi connectivity index (χ0) is 25.2. The molecule has 6 heteroatoms. The highest BCUT2D eigenvalue weighted by atomic mass is 15.1. The first-order chi connectivity index (χ1) is 17.6. The van der Waals surface area contributed by atoms with E-state index in [1.165, 1.54) is 11.3 Å². The quantitative estimate of drug-likeness (QED) is 0.176. The highest BCUT2D eigenvalue weighted by molar-refractivity contribution is 5.82. The summed E-state index contributed by atoms with van der Waals surface area (Å²) in [6, 6.07) is 31.6. The van der Waals surface area contributed by atoms with Gasteiger partial charge in [0.25, 0.3) is 0 Å². The minimum Gasteiger partial charge on any atom is -0.372 e. The van der Waals surface area contributed by atoms with E-state index in [1.54, 1.807) is 0 Å². The maximum atomic E-state index is 4.55. The Balaban J connectivity index is 1.33. The molecule has 0 atom stereocenters. The second kappa shape index (κ2) is 12.3. The largest absolute Gasteiger partial charge is 0.372 e. The highest BCUT2D eigenvalue weighted by Gasteiger charge is 2.01. The van der Waals surface area contributed by atoms with Gasteiger partial charge in [-0.15, -0.1) is 0 Å². The number of nitrogens with zero attached hydrogens (tertiary/aromatic N) is 6. The van der Waals surface area contributed by atoms with Gasteiger partial charge in [-0.05, 0) is 99.1 Å². The van der Waals surface area contributed by atoms with Crippen LogP contribution in [0.1, 0.15) is 25.0 Å². The molecule has 4 rings (SSSR count). The van der Waals surface area contributed by atoms with Gasteiger partial charge in [-0.2, -0.15) is 20.5 Å². The Labute approximate surface area is 212 Å². The summed E-state index contributed by atoms with van der Waals surface area (Å²) < 4.78 is 0. The molecule has 0 saturated heterocycles. The van der Waals surface area contributed by atoms with Crippen LogP contribution in [0.25, 0.3) is 0 Å². The van der Waals surface area contributed by atoms with E-state index in [9.17, 15) is 0 Å². The Hall–Kier alpha value is -4.45. The Kier molecular flexibility index (Phi) is 8.44. The van der Waals surface area contributed by atoms with Gasteiger partial charge in [0, 0.05) is 25.0 Å². The lowest BCUT2D eigenvalue weighted by molar-refractivity contribution is 0.866. The number of hydrogen-bond acceptors (Lipinski definition) is 6. The summed E-state index contributed by atoms with van der Waals surface area (Å²) in [6.45, 7) is 8.33. The Bertz CT molecular complexity index is 1320. The normalized spacial score (nSPS) is 11.6. The van der Waals surface area contributed by atoms with Crippen molar-refractivity contribution >= 4 is 40.3 Å². The molecule has 0 bridgehead atoms. The molecule has 0 spiro atoms. The van der Waals surface area contributed by atoms with Gasteiger partial charge in [0.15, 0.2) is 0 Å². The molecule has 4 aromatic carbocycles. The first kappa shape index (κ1) is 24.7. The third kappa shape index (κ3) is 7.03. The molecule has 0 unspecified atom stereocenters. The Morgan fingerprint density at radius 1 is 0.528 bits per heavy atom. The number of rotatable bonds is 9. The van der Waals surface area contributed by atoms with E-state index in [4.69, 9.17) is 0 Å². The minimum absolute atomic E-state index is 0.784. The number of anilines is 1. The van der Waals surface area contributed by atoms with Crippen LogP contribution in [0.5, 0.6) is 0 Å². The van der Waals surface area contributed by atoms with Crippen molar-refractivity contribution in [2.75, 3.05) is 18.0 Å². The molecule has 0 amide bonds. The summed E-state index contributed by atoms with van der Waals surface area (Å²) in [5.41, 5.74) is 7.48. The molecule has 0 radical (unpaired) electrons. The third-order valence-corrected chi connectivity index (χ3v) is 5.68. The summed E-state index contributed by atoms with van der Waals surface area (Å²) in [4.78, 5) is 6.85. The third-order valence-electron chi connectivity index (χ3n) is 5.68. The number of azo groups is 2. The van der Waals surface area contributed by atoms with Crippen LogP contribution in [0.2, 0.25) is 0 Å². The summed E-state index contributed by atoms with van der Waals surface area (Å²) in [5, 5.41) is 17.3. The maximum Gasteiger partial charge on any atom is 0.0858 e. The van der Waals surface area contributed by atoms with Crippen molar-refractivity contribution in [1.29, 1.82) is 0 Å². The predicted molar refractivity (Wildman–Crippen MR) is 150 cm³/mol. The van der Waals surface area contributed by atoms with Crippen LogP contribution >= 0.6 is 0 Å². The molecule has 0 N–H and O–H groups in total. The van der Waals surface area contributed by atoms with Crippen molar-refractivity contribution in [3.8, 4) is 0 Å². The zero-order valence-electron chi connectivity index (χ0n) is 20.9. The molecular weight excluding hydrogens is 444 g/mol. The fourth-order valence-electron chi connectivity index (χ4n) is 3.54. The minimum atomic E-state index is 0.784. The average Bonchev–Trinajstić information content (AvgIpc) is 2.93. The molecule has 180 valence electrons. The van der Waals surface area contributed by atoms with Gasteiger partial charge in [-0.3, -0.25) is 4.99 Å². The molecule has 36 heavy (non-hydrogen) atoms. The standard InChI is InChI=1S/C30H30N6/c1-4-36(5-2)30-20-18-29(19-21-30)35-33-27-12-8-24(9-13-27)22-31-25-14-16-28(17-15-25)34-32-26-10-6-23(3)7-11-26/h6-22H,4-5H2,1-3H3. The molecule has 4 aromatic rings. The van der Waals surface area contributed by atoms with Crippen LogP contribution < -0.4 is 4.90 Å². The highest BCUT2D eigenvalue weighted by Crippen LogP contribution is 2.24. The molecule has 0 saturated carbocycles. The predicted octanol–water partition coefficient (Wildman–Crippen LogP) is 9.42. The SMILES string of the molecule is CCN(CC)c1ccc(N=Nc2ccc(C=Nc3ccc(N=Nc4ccc(C)cc4)cc3)cc2)cc1. The van der Waals surface area contributed by atoms with E-state index in [-0.39, 0.29) is 0 Å². The molecule has 0 heterocycles. The van der Waals surface area contributed by atoms with Crippen molar-refractivity contribution in [3.63, 3.8) is 0 Å². The average molecular weight is 475 g/mol. The lowest BCUT2D eigenvalue weighted by atomic mass is 10.2. The molecule has 0 aliphatic heterocycles.